The zero-order valence-electron chi connectivity index (χ0n) is 14.5. The predicted molar refractivity (Wildman–Crippen MR) is 89.4 cm³/mol. The molecule has 0 aliphatic carbocycles. The Morgan fingerprint density at radius 1 is 1.04 bits per heavy atom. The Morgan fingerprint density at radius 3 is 2.15 bits per heavy atom. The topological polar surface area (TPSA) is 204 Å². The number of halogens is 1. The third-order valence-electron chi connectivity index (χ3n) is 4.46. The maximum Gasteiger partial charge on any atom is 0.217 e. The van der Waals surface area contributed by atoms with Gasteiger partial charge in [0.05, 0.1) is 19.3 Å². The van der Waals surface area contributed by atoms with Gasteiger partial charge in [-0.2, -0.15) is 0 Å². The normalized spacial score (nSPS) is 45.0. The fraction of sp³-hybridized carbons (Fsp3) is 0.929. The SMILES string of the molecule is CC(=O)NC1C(O)OC(CO)[C@@H](O[C@@H]2OC(CO)[C@@H](O)[C@H](O)C2N)[C@@H]1O.Cl. The Bertz CT molecular complexity index is 487. The van der Waals surface area contributed by atoms with E-state index >= 15 is 0 Å². The van der Waals surface area contributed by atoms with E-state index in [1.807, 2.05) is 0 Å². The van der Waals surface area contributed by atoms with Gasteiger partial charge in [-0.25, -0.2) is 0 Å². The van der Waals surface area contributed by atoms with Crippen molar-refractivity contribution in [3.8, 4) is 0 Å². The molecule has 0 spiro atoms. The van der Waals surface area contributed by atoms with Crippen molar-refractivity contribution in [1.29, 1.82) is 0 Å². The second kappa shape index (κ2) is 10.2. The molecule has 2 rings (SSSR count). The molecule has 0 aromatic carbocycles. The number of nitrogens with one attached hydrogen (secondary N) is 1. The van der Waals surface area contributed by atoms with Gasteiger partial charge in [-0.15, -0.1) is 12.4 Å². The van der Waals surface area contributed by atoms with Crippen LogP contribution in [-0.2, 0) is 19.0 Å². The summed E-state index contributed by atoms with van der Waals surface area (Å²) in [5.74, 6) is -0.539. The van der Waals surface area contributed by atoms with Crippen LogP contribution in [0.5, 0.6) is 0 Å². The molecule has 0 radical (unpaired) electrons. The minimum absolute atomic E-state index is 0. The van der Waals surface area contributed by atoms with Gasteiger partial charge in [0.25, 0.3) is 0 Å². The van der Waals surface area contributed by atoms with Crippen LogP contribution in [0, 0.1) is 0 Å². The van der Waals surface area contributed by atoms with Crippen molar-refractivity contribution >= 4 is 18.3 Å². The van der Waals surface area contributed by atoms with Gasteiger partial charge in [0.1, 0.15) is 42.7 Å². The van der Waals surface area contributed by atoms with Crippen molar-refractivity contribution in [2.75, 3.05) is 13.2 Å². The predicted octanol–water partition coefficient (Wildman–Crippen LogP) is -4.87. The first-order chi connectivity index (χ1) is 12.2. The van der Waals surface area contributed by atoms with Crippen molar-refractivity contribution in [1.82, 2.24) is 5.32 Å². The van der Waals surface area contributed by atoms with Gasteiger partial charge in [-0.3, -0.25) is 4.79 Å². The van der Waals surface area contributed by atoms with Crippen LogP contribution in [0.2, 0.25) is 0 Å². The number of aliphatic hydroxyl groups excluding tert-OH is 6. The number of nitrogens with two attached hydrogens (primary N) is 1. The summed E-state index contributed by atoms with van der Waals surface area (Å²) in [5.41, 5.74) is 5.78. The number of hydrogen-bond donors (Lipinski definition) is 8. The summed E-state index contributed by atoms with van der Waals surface area (Å²) in [7, 11) is 0. The molecule has 2 saturated heterocycles. The number of rotatable bonds is 5. The number of aliphatic hydroxyl groups is 6. The number of amides is 1. The molecule has 160 valence electrons. The molecular formula is C14H27ClN2O10. The van der Waals surface area contributed by atoms with E-state index in [9.17, 15) is 35.4 Å². The summed E-state index contributed by atoms with van der Waals surface area (Å²) in [4.78, 5) is 11.3. The maximum atomic E-state index is 11.3. The molecule has 2 aliphatic heterocycles. The van der Waals surface area contributed by atoms with Crippen LogP contribution in [0.3, 0.4) is 0 Å². The Balaban J connectivity index is 0.00000364. The first-order valence-corrected chi connectivity index (χ1v) is 8.14. The highest BCUT2D eigenvalue weighted by molar-refractivity contribution is 5.85. The first kappa shape index (κ1) is 24.4. The van der Waals surface area contributed by atoms with E-state index in [4.69, 9.17) is 19.9 Å². The zero-order valence-corrected chi connectivity index (χ0v) is 15.3. The lowest BCUT2D eigenvalue weighted by Gasteiger charge is -2.46. The summed E-state index contributed by atoms with van der Waals surface area (Å²) in [6.45, 7) is -0.0789. The molecule has 10 atom stereocenters. The summed E-state index contributed by atoms with van der Waals surface area (Å²) >= 11 is 0. The Morgan fingerprint density at radius 2 is 1.63 bits per heavy atom. The standard InChI is InChI=1S/C14H26N2O10.ClH/c1-4(19)16-8-11(22)12(6(3-18)24-13(8)23)26-14-7(15)10(21)9(20)5(2-17)25-14;/h5-14,17-18,20-23H,2-3,15H2,1H3,(H,16,19);1H/t5?,6?,7?,8?,9-,10-,11-,12-,13?,14+;/m1./s1. The third-order valence-corrected chi connectivity index (χ3v) is 4.46. The van der Waals surface area contributed by atoms with Gasteiger partial charge in [0.15, 0.2) is 12.6 Å². The van der Waals surface area contributed by atoms with Crippen molar-refractivity contribution in [3.05, 3.63) is 0 Å². The van der Waals surface area contributed by atoms with E-state index in [2.05, 4.69) is 5.32 Å². The van der Waals surface area contributed by atoms with Crippen molar-refractivity contribution < 1.29 is 49.6 Å². The molecule has 0 bridgehead atoms. The van der Waals surface area contributed by atoms with Crippen LogP contribution >= 0.6 is 12.4 Å². The molecular weight excluding hydrogens is 392 g/mol. The van der Waals surface area contributed by atoms with E-state index in [0.717, 1.165) is 0 Å². The second-order valence-electron chi connectivity index (χ2n) is 6.35. The lowest BCUT2D eigenvalue weighted by Crippen LogP contribution is -2.68. The van der Waals surface area contributed by atoms with Crippen LogP contribution in [0.15, 0.2) is 0 Å². The smallest absolute Gasteiger partial charge is 0.217 e. The Kier molecular flexibility index (Phi) is 9.24. The molecule has 2 aliphatic rings. The van der Waals surface area contributed by atoms with Gasteiger partial charge in [-0.05, 0) is 0 Å². The monoisotopic (exact) mass is 418 g/mol. The first-order valence-electron chi connectivity index (χ1n) is 8.14. The van der Waals surface area contributed by atoms with E-state index in [-0.39, 0.29) is 12.4 Å². The number of carbonyl (C=O) groups is 1. The molecule has 13 heteroatoms. The van der Waals surface area contributed by atoms with Crippen LogP contribution in [0.4, 0.5) is 0 Å². The summed E-state index contributed by atoms with van der Waals surface area (Å²) < 4.78 is 16.0. The molecule has 5 unspecified atom stereocenters. The molecule has 0 saturated carbocycles. The van der Waals surface area contributed by atoms with Crippen molar-refractivity contribution in [2.24, 2.45) is 5.73 Å². The van der Waals surface area contributed by atoms with Gasteiger partial charge in [-0.1, -0.05) is 0 Å². The quantitative estimate of drug-likeness (QED) is 0.212. The number of carbonyl (C=O) groups excluding carboxylic acids is 1. The second-order valence-corrected chi connectivity index (χ2v) is 6.35. The highest BCUT2D eigenvalue weighted by atomic mass is 35.5. The van der Waals surface area contributed by atoms with Crippen LogP contribution in [-0.4, -0.2) is 111 Å². The largest absolute Gasteiger partial charge is 0.394 e. The Hall–Kier alpha value is -0.640. The number of ether oxygens (including phenoxy) is 3. The van der Waals surface area contributed by atoms with Crippen LogP contribution in [0.25, 0.3) is 0 Å². The molecule has 2 fully saturated rings. The molecule has 2 heterocycles. The Labute approximate surface area is 161 Å². The molecule has 0 aromatic heterocycles. The highest BCUT2D eigenvalue weighted by Gasteiger charge is 2.50. The summed E-state index contributed by atoms with van der Waals surface area (Å²) in [6, 6.07) is -2.48. The fourth-order valence-corrected chi connectivity index (χ4v) is 3.02. The highest BCUT2D eigenvalue weighted by Crippen LogP contribution is 2.28. The molecule has 1 amide bonds. The van der Waals surface area contributed by atoms with Gasteiger partial charge < -0.3 is 55.9 Å². The zero-order chi connectivity index (χ0) is 19.6. The average molecular weight is 419 g/mol. The van der Waals surface area contributed by atoms with Gasteiger partial charge in [0.2, 0.25) is 5.91 Å². The number of hydrogen-bond acceptors (Lipinski definition) is 11. The molecule has 27 heavy (non-hydrogen) atoms. The lowest BCUT2D eigenvalue weighted by molar-refractivity contribution is -0.325. The fourth-order valence-electron chi connectivity index (χ4n) is 3.02. The van der Waals surface area contributed by atoms with E-state index in [0.29, 0.717) is 0 Å². The summed E-state index contributed by atoms with van der Waals surface area (Å²) in [6.07, 6.45) is -11.0. The molecule has 9 N–H and O–H groups in total. The van der Waals surface area contributed by atoms with Gasteiger partial charge in [0, 0.05) is 6.92 Å². The third kappa shape index (κ3) is 5.25. The minimum atomic E-state index is -1.59. The van der Waals surface area contributed by atoms with Crippen LogP contribution < -0.4 is 11.1 Å². The van der Waals surface area contributed by atoms with Crippen LogP contribution in [0.1, 0.15) is 6.92 Å². The van der Waals surface area contributed by atoms with E-state index < -0.39 is 80.4 Å². The van der Waals surface area contributed by atoms with Crippen molar-refractivity contribution in [3.63, 3.8) is 0 Å². The van der Waals surface area contributed by atoms with Gasteiger partial charge >= 0.3 is 0 Å². The minimum Gasteiger partial charge on any atom is -0.394 e. The average Bonchev–Trinajstić information content (AvgIpc) is 2.60. The van der Waals surface area contributed by atoms with E-state index in [1.54, 1.807) is 0 Å². The van der Waals surface area contributed by atoms with E-state index in [1.165, 1.54) is 6.92 Å². The maximum absolute atomic E-state index is 11.3. The lowest BCUT2D eigenvalue weighted by atomic mass is 9.95. The van der Waals surface area contributed by atoms with Crippen molar-refractivity contribution in [2.45, 2.75) is 68.2 Å². The molecule has 0 aromatic rings. The molecule has 12 nitrogen and oxygen atoms in total. The summed E-state index contributed by atoms with van der Waals surface area (Å²) in [5, 5.41) is 61.1.